The average molecular weight is 286 g/mol. The van der Waals surface area contributed by atoms with Gasteiger partial charge in [0.05, 0.1) is 0 Å². The van der Waals surface area contributed by atoms with Crippen LogP contribution in [0.4, 0.5) is 0 Å². The SMILES string of the molecule is C=C/C(C)=C\C[C@@H]1C(=C)CC[C@H]2[C@]1(C)CCC[C@]2(C)C=O. The first-order valence-electron chi connectivity index (χ1n) is 8.30. The van der Waals surface area contributed by atoms with E-state index >= 15 is 0 Å². The maximum absolute atomic E-state index is 11.7. The molecule has 1 nitrogen and oxygen atoms in total. The topological polar surface area (TPSA) is 17.1 Å². The van der Waals surface area contributed by atoms with Crippen LogP contribution in [0.2, 0.25) is 0 Å². The lowest BCUT2D eigenvalue weighted by Gasteiger charge is -2.57. The van der Waals surface area contributed by atoms with E-state index in [1.165, 1.54) is 23.9 Å². The molecule has 0 aromatic carbocycles. The third-order valence-electron chi connectivity index (χ3n) is 6.33. The van der Waals surface area contributed by atoms with E-state index in [4.69, 9.17) is 0 Å². The fraction of sp³-hybridized carbons (Fsp3) is 0.650. The zero-order chi connectivity index (χ0) is 15.7. The first-order chi connectivity index (χ1) is 9.87. The molecule has 0 radical (unpaired) electrons. The number of hydrogen-bond donors (Lipinski definition) is 0. The van der Waals surface area contributed by atoms with Gasteiger partial charge >= 0.3 is 0 Å². The van der Waals surface area contributed by atoms with Gasteiger partial charge in [0.25, 0.3) is 0 Å². The molecule has 0 N–H and O–H groups in total. The largest absolute Gasteiger partial charge is 0.303 e. The molecule has 2 saturated carbocycles. The van der Waals surface area contributed by atoms with Gasteiger partial charge in [0, 0.05) is 5.41 Å². The summed E-state index contributed by atoms with van der Waals surface area (Å²) in [4.78, 5) is 11.7. The molecule has 2 rings (SSSR count). The van der Waals surface area contributed by atoms with E-state index in [0.29, 0.717) is 11.8 Å². The quantitative estimate of drug-likeness (QED) is 0.379. The minimum Gasteiger partial charge on any atom is -0.303 e. The van der Waals surface area contributed by atoms with Gasteiger partial charge in [-0.25, -0.2) is 0 Å². The highest BCUT2D eigenvalue weighted by Gasteiger charge is 2.54. The van der Waals surface area contributed by atoms with Crippen molar-refractivity contribution in [3.63, 3.8) is 0 Å². The van der Waals surface area contributed by atoms with Crippen LogP contribution in [-0.2, 0) is 4.79 Å². The molecule has 4 atom stereocenters. The summed E-state index contributed by atoms with van der Waals surface area (Å²) in [6, 6.07) is 0. The lowest BCUT2D eigenvalue weighted by Crippen LogP contribution is -2.51. The molecule has 2 aliphatic carbocycles. The number of fused-ring (bicyclic) bond motifs is 1. The van der Waals surface area contributed by atoms with Gasteiger partial charge in [-0.2, -0.15) is 0 Å². The lowest BCUT2D eigenvalue weighted by atomic mass is 9.47. The van der Waals surface area contributed by atoms with Crippen LogP contribution < -0.4 is 0 Å². The number of carbonyl (C=O) groups is 1. The maximum Gasteiger partial charge on any atom is 0.126 e. The van der Waals surface area contributed by atoms with Crippen molar-refractivity contribution in [2.75, 3.05) is 0 Å². The van der Waals surface area contributed by atoms with Crippen molar-refractivity contribution in [1.82, 2.24) is 0 Å². The number of aldehydes is 1. The minimum absolute atomic E-state index is 0.136. The second-order valence-electron chi connectivity index (χ2n) is 7.67. The first-order valence-corrected chi connectivity index (χ1v) is 8.30. The van der Waals surface area contributed by atoms with Gasteiger partial charge in [-0.3, -0.25) is 0 Å². The summed E-state index contributed by atoms with van der Waals surface area (Å²) in [7, 11) is 0. The summed E-state index contributed by atoms with van der Waals surface area (Å²) < 4.78 is 0. The molecule has 0 spiro atoms. The van der Waals surface area contributed by atoms with E-state index in [-0.39, 0.29) is 10.8 Å². The molecular formula is C20H30O. The molecule has 0 bridgehead atoms. The Kier molecular flexibility index (Phi) is 4.60. The first kappa shape index (κ1) is 16.3. The van der Waals surface area contributed by atoms with Gasteiger partial charge in [-0.15, -0.1) is 0 Å². The minimum atomic E-state index is -0.136. The van der Waals surface area contributed by atoms with Crippen LogP contribution in [0.1, 0.15) is 59.3 Å². The molecule has 0 aliphatic heterocycles. The molecule has 0 saturated heterocycles. The highest BCUT2D eigenvalue weighted by Crippen LogP contribution is 2.61. The Hall–Kier alpha value is -1.11. The fourth-order valence-corrected chi connectivity index (χ4v) is 4.96. The Bertz CT molecular complexity index is 472. The van der Waals surface area contributed by atoms with Gasteiger partial charge in [-0.1, -0.05) is 56.7 Å². The Labute approximate surface area is 130 Å². The van der Waals surface area contributed by atoms with Crippen LogP contribution in [0.25, 0.3) is 0 Å². The van der Waals surface area contributed by atoms with Crippen molar-refractivity contribution in [3.8, 4) is 0 Å². The standard InChI is InChI=1S/C20H30O/c1-6-15(2)8-10-17-16(3)9-11-18-19(4,14-21)12-7-13-20(17,18)5/h6,8,14,17-18H,1,3,7,9-13H2,2,4-5H3/b15-8-/t17-,18-,19-,20-/m1/s1. The van der Waals surface area contributed by atoms with E-state index in [1.807, 2.05) is 6.08 Å². The van der Waals surface area contributed by atoms with Crippen molar-refractivity contribution >= 4 is 6.29 Å². The van der Waals surface area contributed by atoms with E-state index < -0.39 is 0 Å². The van der Waals surface area contributed by atoms with Crippen LogP contribution in [0, 0.1) is 22.7 Å². The van der Waals surface area contributed by atoms with E-state index in [2.05, 4.69) is 40.0 Å². The molecule has 1 heteroatoms. The Morgan fingerprint density at radius 2 is 2.10 bits per heavy atom. The molecule has 0 aromatic heterocycles. The monoisotopic (exact) mass is 286 g/mol. The average Bonchev–Trinajstić information content (AvgIpc) is 2.45. The zero-order valence-corrected chi connectivity index (χ0v) is 14.0. The summed E-state index contributed by atoms with van der Waals surface area (Å²) in [6.07, 6.45) is 12.1. The molecule has 0 unspecified atom stereocenters. The Balaban J connectivity index is 2.33. The van der Waals surface area contributed by atoms with Crippen LogP contribution >= 0.6 is 0 Å². The summed E-state index contributed by atoms with van der Waals surface area (Å²) in [5.74, 6) is 1.01. The van der Waals surface area contributed by atoms with Crippen molar-refractivity contribution in [2.45, 2.75) is 59.3 Å². The molecule has 0 amide bonds. The predicted molar refractivity (Wildman–Crippen MR) is 90.1 cm³/mol. The molecular weight excluding hydrogens is 256 g/mol. The molecule has 2 aliphatic rings. The predicted octanol–water partition coefficient (Wildman–Crippen LogP) is 5.49. The molecule has 2 fully saturated rings. The normalized spacial score (nSPS) is 40.5. The molecule has 0 heterocycles. The van der Waals surface area contributed by atoms with Crippen LogP contribution in [0.15, 0.2) is 36.5 Å². The smallest absolute Gasteiger partial charge is 0.126 e. The van der Waals surface area contributed by atoms with Crippen molar-refractivity contribution < 1.29 is 4.79 Å². The van der Waals surface area contributed by atoms with Crippen molar-refractivity contribution in [1.29, 1.82) is 0 Å². The summed E-state index contributed by atoms with van der Waals surface area (Å²) in [5, 5.41) is 0. The van der Waals surface area contributed by atoms with Gasteiger partial charge in [0.15, 0.2) is 0 Å². The number of allylic oxidation sites excluding steroid dienone is 4. The van der Waals surface area contributed by atoms with Gasteiger partial charge in [-0.05, 0) is 56.3 Å². The van der Waals surface area contributed by atoms with E-state index in [0.717, 1.165) is 32.1 Å². The summed E-state index contributed by atoms with van der Waals surface area (Å²) in [5.41, 5.74) is 2.71. The maximum atomic E-state index is 11.7. The second kappa shape index (κ2) is 5.94. The molecule has 116 valence electrons. The van der Waals surface area contributed by atoms with Gasteiger partial charge < -0.3 is 4.79 Å². The molecule has 21 heavy (non-hydrogen) atoms. The van der Waals surface area contributed by atoms with Crippen LogP contribution in [-0.4, -0.2) is 6.29 Å². The van der Waals surface area contributed by atoms with Gasteiger partial charge in [0.2, 0.25) is 0 Å². The van der Waals surface area contributed by atoms with Crippen molar-refractivity contribution in [2.24, 2.45) is 22.7 Å². The Morgan fingerprint density at radius 1 is 1.38 bits per heavy atom. The van der Waals surface area contributed by atoms with E-state index in [9.17, 15) is 4.79 Å². The van der Waals surface area contributed by atoms with Crippen LogP contribution in [0.5, 0.6) is 0 Å². The Morgan fingerprint density at radius 3 is 2.71 bits per heavy atom. The summed E-state index contributed by atoms with van der Waals surface area (Å²) >= 11 is 0. The highest BCUT2D eigenvalue weighted by molar-refractivity contribution is 5.60. The number of hydrogen-bond acceptors (Lipinski definition) is 1. The zero-order valence-electron chi connectivity index (χ0n) is 14.0. The summed E-state index contributed by atoms with van der Waals surface area (Å²) in [6.45, 7) is 14.9. The van der Waals surface area contributed by atoms with E-state index in [1.54, 1.807) is 0 Å². The number of rotatable bonds is 4. The lowest BCUT2D eigenvalue weighted by molar-refractivity contribution is -0.130. The fourth-order valence-electron chi connectivity index (χ4n) is 4.96. The highest BCUT2D eigenvalue weighted by atomic mass is 16.1. The second-order valence-corrected chi connectivity index (χ2v) is 7.67. The van der Waals surface area contributed by atoms with Crippen LogP contribution in [0.3, 0.4) is 0 Å². The third kappa shape index (κ3) is 2.80. The third-order valence-corrected chi connectivity index (χ3v) is 6.33. The van der Waals surface area contributed by atoms with Gasteiger partial charge in [0.1, 0.15) is 6.29 Å². The molecule has 0 aromatic rings. The van der Waals surface area contributed by atoms with Crippen molar-refractivity contribution in [3.05, 3.63) is 36.5 Å². The number of carbonyl (C=O) groups excluding carboxylic acids is 1.